The van der Waals surface area contributed by atoms with Crippen molar-refractivity contribution in [2.75, 3.05) is 26.3 Å². The third kappa shape index (κ3) is 2.65. The summed E-state index contributed by atoms with van der Waals surface area (Å²) in [6.45, 7) is 5.68. The first-order valence-corrected chi connectivity index (χ1v) is 7.34. The Bertz CT molecular complexity index is 436. The molecular formula is C15H20ClNO2. The van der Waals surface area contributed by atoms with Crippen LogP contribution in [-0.4, -0.2) is 37.0 Å². The minimum Gasteiger partial charge on any atom is -0.347 e. The summed E-state index contributed by atoms with van der Waals surface area (Å²) in [4.78, 5) is 2.46. The standard InChI is InChI=1S/C15H20ClNO2/c1-12(13-4-2-3-5-14(13)16)17-8-6-15(7-9-17)18-10-11-19-15/h2-5,12H,6-11H2,1H3. The Morgan fingerprint density at radius 3 is 2.42 bits per heavy atom. The zero-order valence-electron chi connectivity index (χ0n) is 11.3. The fourth-order valence-corrected chi connectivity index (χ4v) is 3.34. The zero-order valence-corrected chi connectivity index (χ0v) is 12.0. The van der Waals surface area contributed by atoms with Gasteiger partial charge in [0, 0.05) is 37.0 Å². The molecule has 1 aromatic rings. The molecule has 0 bridgehead atoms. The largest absolute Gasteiger partial charge is 0.347 e. The van der Waals surface area contributed by atoms with Gasteiger partial charge in [0.2, 0.25) is 0 Å². The van der Waals surface area contributed by atoms with Crippen molar-refractivity contribution in [3.8, 4) is 0 Å². The summed E-state index contributed by atoms with van der Waals surface area (Å²) in [7, 11) is 0. The molecule has 2 aliphatic rings. The number of piperidine rings is 1. The maximum atomic E-state index is 6.28. The predicted molar refractivity (Wildman–Crippen MR) is 75.3 cm³/mol. The fraction of sp³-hybridized carbons (Fsp3) is 0.600. The lowest BCUT2D eigenvalue weighted by atomic mass is 9.99. The van der Waals surface area contributed by atoms with E-state index >= 15 is 0 Å². The van der Waals surface area contributed by atoms with Gasteiger partial charge in [0.25, 0.3) is 0 Å². The molecule has 1 unspecified atom stereocenters. The molecule has 3 rings (SSSR count). The van der Waals surface area contributed by atoms with Gasteiger partial charge in [-0.15, -0.1) is 0 Å². The van der Waals surface area contributed by atoms with E-state index in [1.807, 2.05) is 18.2 Å². The van der Waals surface area contributed by atoms with E-state index in [9.17, 15) is 0 Å². The van der Waals surface area contributed by atoms with Crippen LogP contribution in [0, 0.1) is 0 Å². The van der Waals surface area contributed by atoms with Crippen LogP contribution in [0.2, 0.25) is 5.02 Å². The van der Waals surface area contributed by atoms with Crippen LogP contribution in [-0.2, 0) is 9.47 Å². The first kappa shape index (κ1) is 13.4. The number of rotatable bonds is 2. The number of halogens is 1. The highest BCUT2D eigenvalue weighted by atomic mass is 35.5. The molecule has 1 aromatic carbocycles. The van der Waals surface area contributed by atoms with Crippen molar-refractivity contribution in [1.82, 2.24) is 4.90 Å². The number of nitrogens with zero attached hydrogens (tertiary/aromatic N) is 1. The van der Waals surface area contributed by atoms with Crippen LogP contribution in [0.1, 0.15) is 31.4 Å². The van der Waals surface area contributed by atoms with E-state index in [0.717, 1.165) is 44.2 Å². The normalized spacial score (nSPS) is 24.7. The van der Waals surface area contributed by atoms with Gasteiger partial charge in [0.05, 0.1) is 13.2 Å². The van der Waals surface area contributed by atoms with E-state index < -0.39 is 0 Å². The summed E-state index contributed by atoms with van der Waals surface area (Å²) in [6.07, 6.45) is 1.89. The fourth-order valence-electron chi connectivity index (χ4n) is 3.05. The molecule has 0 radical (unpaired) electrons. The number of hydrogen-bond acceptors (Lipinski definition) is 3. The van der Waals surface area contributed by atoms with Crippen molar-refractivity contribution in [3.63, 3.8) is 0 Å². The molecule has 0 aromatic heterocycles. The molecule has 0 saturated carbocycles. The van der Waals surface area contributed by atoms with Crippen LogP contribution in [0.15, 0.2) is 24.3 Å². The summed E-state index contributed by atoms with van der Waals surface area (Å²) in [5.74, 6) is -0.295. The molecule has 2 saturated heterocycles. The van der Waals surface area contributed by atoms with Crippen LogP contribution in [0.4, 0.5) is 0 Å². The van der Waals surface area contributed by atoms with E-state index in [-0.39, 0.29) is 5.79 Å². The highest BCUT2D eigenvalue weighted by molar-refractivity contribution is 6.31. The van der Waals surface area contributed by atoms with Crippen LogP contribution >= 0.6 is 11.6 Å². The maximum absolute atomic E-state index is 6.28. The first-order valence-electron chi connectivity index (χ1n) is 6.97. The van der Waals surface area contributed by atoms with Gasteiger partial charge in [-0.05, 0) is 18.6 Å². The van der Waals surface area contributed by atoms with Crippen LogP contribution in [0.25, 0.3) is 0 Å². The third-order valence-corrected chi connectivity index (χ3v) is 4.62. The van der Waals surface area contributed by atoms with Gasteiger partial charge in [-0.2, -0.15) is 0 Å². The lowest BCUT2D eigenvalue weighted by Gasteiger charge is -2.40. The molecular weight excluding hydrogens is 262 g/mol. The van der Waals surface area contributed by atoms with Crippen LogP contribution in [0.3, 0.4) is 0 Å². The van der Waals surface area contributed by atoms with Gasteiger partial charge in [-0.1, -0.05) is 29.8 Å². The molecule has 1 atom stereocenters. The van der Waals surface area contributed by atoms with Crippen molar-refractivity contribution in [1.29, 1.82) is 0 Å². The molecule has 1 spiro atoms. The summed E-state index contributed by atoms with van der Waals surface area (Å²) in [5, 5.41) is 0.851. The van der Waals surface area contributed by atoms with Crippen molar-refractivity contribution in [3.05, 3.63) is 34.9 Å². The number of hydrogen-bond donors (Lipinski definition) is 0. The van der Waals surface area contributed by atoms with Gasteiger partial charge in [0.15, 0.2) is 5.79 Å². The van der Waals surface area contributed by atoms with Crippen molar-refractivity contribution in [2.45, 2.75) is 31.6 Å². The van der Waals surface area contributed by atoms with E-state index in [4.69, 9.17) is 21.1 Å². The Hall–Kier alpha value is -0.610. The van der Waals surface area contributed by atoms with Gasteiger partial charge in [-0.3, -0.25) is 4.90 Å². The second kappa shape index (κ2) is 5.41. The number of likely N-dealkylation sites (tertiary alicyclic amines) is 1. The molecule has 19 heavy (non-hydrogen) atoms. The second-order valence-electron chi connectivity index (χ2n) is 5.34. The highest BCUT2D eigenvalue weighted by Crippen LogP contribution is 2.35. The Balaban J connectivity index is 1.66. The van der Waals surface area contributed by atoms with E-state index in [1.54, 1.807) is 0 Å². The molecule has 2 heterocycles. The summed E-state index contributed by atoms with van der Waals surface area (Å²) < 4.78 is 11.5. The zero-order chi connectivity index (χ0) is 13.3. The molecule has 0 aliphatic carbocycles. The molecule has 0 amide bonds. The molecule has 3 nitrogen and oxygen atoms in total. The number of benzene rings is 1. The minimum absolute atomic E-state index is 0.295. The lowest BCUT2D eigenvalue weighted by molar-refractivity contribution is -0.187. The van der Waals surface area contributed by atoms with E-state index in [0.29, 0.717) is 6.04 Å². The smallest absolute Gasteiger partial charge is 0.170 e. The summed E-state index contributed by atoms with van der Waals surface area (Å²) >= 11 is 6.28. The van der Waals surface area contributed by atoms with E-state index in [2.05, 4.69) is 17.9 Å². The topological polar surface area (TPSA) is 21.7 Å². The van der Waals surface area contributed by atoms with Crippen molar-refractivity contribution in [2.24, 2.45) is 0 Å². The molecule has 0 N–H and O–H groups in total. The SMILES string of the molecule is CC(c1ccccc1Cl)N1CCC2(CC1)OCCO2. The minimum atomic E-state index is -0.295. The van der Waals surface area contributed by atoms with Gasteiger partial charge in [-0.25, -0.2) is 0 Å². The van der Waals surface area contributed by atoms with Crippen LogP contribution < -0.4 is 0 Å². The quantitative estimate of drug-likeness (QED) is 0.831. The lowest BCUT2D eigenvalue weighted by Crippen LogP contribution is -2.45. The summed E-state index contributed by atoms with van der Waals surface area (Å²) in [5.41, 5.74) is 1.20. The monoisotopic (exact) mass is 281 g/mol. The van der Waals surface area contributed by atoms with Crippen molar-refractivity contribution >= 4 is 11.6 Å². The third-order valence-electron chi connectivity index (χ3n) is 4.28. The maximum Gasteiger partial charge on any atom is 0.170 e. The Labute approximate surface area is 119 Å². The highest BCUT2D eigenvalue weighted by Gasteiger charge is 2.40. The Kier molecular flexibility index (Phi) is 3.81. The predicted octanol–water partition coefficient (Wildman–Crippen LogP) is 3.24. The van der Waals surface area contributed by atoms with Gasteiger partial charge < -0.3 is 9.47 Å². The molecule has 104 valence electrons. The van der Waals surface area contributed by atoms with Crippen LogP contribution in [0.5, 0.6) is 0 Å². The van der Waals surface area contributed by atoms with Gasteiger partial charge in [0.1, 0.15) is 0 Å². The average molecular weight is 282 g/mol. The van der Waals surface area contributed by atoms with E-state index in [1.165, 1.54) is 5.56 Å². The summed E-state index contributed by atoms with van der Waals surface area (Å²) in [6, 6.07) is 8.44. The Morgan fingerprint density at radius 2 is 1.79 bits per heavy atom. The van der Waals surface area contributed by atoms with Gasteiger partial charge >= 0.3 is 0 Å². The Morgan fingerprint density at radius 1 is 1.16 bits per heavy atom. The number of ether oxygens (including phenoxy) is 2. The average Bonchev–Trinajstić information content (AvgIpc) is 2.88. The van der Waals surface area contributed by atoms with Crippen molar-refractivity contribution < 1.29 is 9.47 Å². The molecule has 2 aliphatic heterocycles. The molecule has 4 heteroatoms. The molecule has 2 fully saturated rings. The second-order valence-corrected chi connectivity index (χ2v) is 5.75. The first-order chi connectivity index (χ1) is 9.20.